The molecule has 2 nitrogen and oxygen atoms in total. The minimum Gasteiger partial charge on any atom is -0.481 e. The minimum atomic E-state index is -4.49. The molecule has 0 amide bonds. The van der Waals surface area contributed by atoms with Crippen LogP contribution in [0.4, 0.5) is 17.6 Å². The number of hydrogen-bond acceptors (Lipinski definition) is 2. The largest absolute Gasteiger partial charge is 0.481 e. The van der Waals surface area contributed by atoms with Crippen molar-refractivity contribution in [3.63, 3.8) is 0 Å². The molecule has 0 saturated carbocycles. The van der Waals surface area contributed by atoms with Crippen molar-refractivity contribution in [1.29, 1.82) is 0 Å². The third kappa shape index (κ3) is 3.34. The van der Waals surface area contributed by atoms with E-state index in [0.29, 0.717) is 5.56 Å². The lowest BCUT2D eigenvalue weighted by atomic mass is 10.2. The summed E-state index contributed by atoms with van der Waals surface area (Å²) in [6.07, 6.45) is -4.49. The molecule has 1 aromatic carbocycles. The summed E-state index contributed by atoms with van der Waals surface area (Å²) in [7, 11) is 0. The van der Waals surface area contributed by atoms with Gasteiger partial charge in [0.1, 0.15) is 0 Å². The number of halogens is 5. The van der Waals surface area contributed by atoms with Crippen LogP contribution in [0.15, 0.2) is 16.6 Å². The van der Waals surface area contributed by atoms with Gasteiger partial charge in [0.05, 0.1) is 4.47 Å². The third-order valence-electron chi connectivity index (χ3n) is 1.74. The van der Waals surface area contributed by atoms with Gasteiger partial charge in [0, 0.05) is 6.54 Å². The van der Waals surface area contributed by atoms with Gasteiger partial charge in [-0.2, -0.15) is 13.2 Å². The van der Waals surface area contributed by atoms with Crippen LogP contribution in [0.3, 0.4) is 0 Å². The standard InChI is InChI=1S/C9H8BrF4NO/c10-7-5(3-15)1-2-6(8(7)11)16-4-9(12,13)14/h1-2H,3-4,15H2. The summed E-state index contributed by atoms with van der Waals surface area (Å²) in [4.78, 5) is 0. The molecule has 16 heavy (non-hydrogen) atoms. The number of alkyl halides is 3. The molecule has 0 aliphatic carbocycles. The van der Waals surface area contributed by atoms with Gasteiger partial charge in [-0.1, -0.05) is 6.07 Å². The molecule has 0 saturated heterocycles. The molecule has 90 valence electrons. The van der Waals surface area contributed by atoms with E-state index in [1.807, 2.05) is 0 Å². The van der Waals surface area contributed by atoms with Gasteiger partial charge >= 0.3 is 6.18 Å². The van der Waals surface area contributed by atoms with E-state index in [4.69, 9.17) is 5.73 Å². The second kappa shape index (κ2) is 5.01. The van der Waals surface area contributed by atoms with E-state index >= 15 is 0 Å². The Balaban J connectivity index is 2.87. The average molecular weight is 302 g/mol. The first-order chi connectivity index (χ1) is 7.35. The van der Waals surface area contributed by atoms with Crippen molar-refractivity contribution in [1.82, 2.24) is 0 Å². The number of rotatable bonds is 3. The number of ether oxygens (including phenoxy) is 1. The smallest absolute Gasteiger partial charge is 0.422 e. The predicted octanol–water partition coefficient (Wildman–Crippen LogP) is 2.99. The lowest BCUT2D eigenvalue weighted by molar-refractivity contribution is -0.153. The topological polar surface area (TPSA) is 35.2 Å². The maximum absolute atomic E-state index is 13.4. The summed E-state index contributed by atoms with van der Waals surface area (Å²) in [6, 6.07) is 2.52. The van der Waals surface area contributed by atoms with Gasteiger partial charge < -0.3 is 10.5 Å². The summed E-state index contributed by atoms with van der Waals surface area (Å²) in [5.41, 5.74) is 5.75. The van der Waals surface area contributed by atoms with Crippen LogP contribution in [0.2, 0.25) is 0 Å². The van der Waals surface area contributed by atoms with Gasteiger partial charge in [0.15, 0.2) is 18.2 Å². The molecule has 0 spiro atoms. The van der Waals surface area contributed by atoms with Crippen molar-refractivity contribution in [2.24, 2.45) is 5.73 Å². The molecule has 2 N–H and O–H groups in total. The summed E-state index contributed by atoms with van der Waals surface area (Å²) < 4.78 is 53.3. The van der Waals surface area contributed by atoms with E-state index in [-0.39, 0.29) is 11.0 Å². The molecule has 1 aromatic rings. The van der Waals surface area contributed by atoms with Crippen molar-refractivity contribution in [3.8, 4) is 5.75 Å². The van der Waals surface area contributed by atoms with E-state index in [1.54, 1.807) is 0 Å². The van der Waals surface area contributed by atoms with Crippen LogP contribution in [0.5, 0.6) is 5.75 Å². The Labute approximate surface area is 97.5 Å². The highest BCUT2D eigenvalue weighted by Gasteiger charge is 2.29. The highest BCUT2D eigenvalue weighted by atomic mass is 79.9. The van der Waals surface area contributed by atoms with Gasteiger partial charge in [-0.25, -0.2) is 4.39 Å². The lowest BCUT2D eigenvalue weighted by Crippen LogP contribution is -2.19. The number of nitrogens with two attached hydrogens (primary N) is 1. The fraction of sp³-hybridized carbons (Fsp3) is 0.333. The van der Waals surface area contributed by atoms with Crippen molar-refractivity contribution >= 4 is 15.9 Å². The Kier molecular flexibility index (Phi) is 4.15. The van der Waals surface area contributed by atoms with Crippen LogP contribution in [-0.2, 0) is 6.54 Å². The maximum atomic E-state index is 13.4. The summed E-state index contributed by atoms with van der Waals surface area (Å²) >= 11 is 2.90. The van der Waals surface area contributed by atoms with Gasteiger partial charge in [-0.15, -0.1) is 0 Å². The fourth-order valence-electron chi connectivity index (χ4n) is 1.00. The summed E-state index contributed by atoms with van der Waals surface area (Å²) in [5, 5.41) is 0. The van der Waals surface area contributed by atoms with E-state index < -0.39 is 24.3 Å². The second-order valence-corrected chi connectivity index (χ2v) is 3.75. The van der Waals surface area contributed by atoms with Crippen LogP contribution >= 0.6 is 15.9 Å². The highest BCUT2D eigenvalue weighted by molar-refractivity contribution is 9.10. The molecule has 0 unspecified atom stereocenters. The fourth-order valence-corrected chi connectivity index (χ4v) is 1.49. The van der Waals surface area contributed by atoms with Crippen LogP contribution in [-0.4, -0.2) is 12.8 Å². The van der Waals surface area contributed by atoms with Crippen LogP contribution in [0.25, 0.3) is 0 Å². The van der Waals surface area contributed by atoms with Gasteiger partial charge in [-0.05, 0) is 27.6 Å². The molecular weight excluding hydrogens is 294 g/mol. The number of hydrogen-bond donors (Lipinski definition) is 1. The molecule has 0 aliphatic rings. The average Bonchev–Trinajstić information content (AvgIpc) is 2.19. The molecule has 7 heteroatoms. The Bertz CT molecular complexity index is 381. The first-order valence-electron chi connectivity index (χ1n) is 4.21. The van der Waals surface area contributed by atoms with Crippen molar-refractivity contribution in [2.75, 3.05) is 6.61 Å². The van der Waals surface area contributed by atoms with Crippen molar-refractivity contribution in [3.05, 3.63) is 28.0 Å². The van der Waals surface area contributed by atoms with E-state index in [1.165, 1.54) is 6.07 Å². The Morgan fingerprint density at radius 2 is 1.94 bits per heavy atom. The Hall–Kier alpha value is -0.820. The zero-order valence-corrected chi connectivity index (χ0v) is 9.53. The van der Waals surface area contributed by atoms with Gasteiger partial charge in [-0.3, -0.25) is 0 Å². The predicted molar refractivity (Wildman–Crippen MR) is 53.5 cm³/mol. The Morgan fingerprint density at radius 1 is 1.31 bits per heavy atom. The molecule has 0 aliphatic heterocycles. The van der Waals surface area contributed by atoms with E-state index in [0.717, 1.165) is 6.07 Å². The van der Waals surface area contributed by atoms with Crippen molar-refractivity contribution in [2.45, 2.75) is 12.7 Å². The molecule has 0 atom stereocenters. The number of benzene rings is 1. The van der Waals surface area contributed by atoms with Crippen molar-refractivity contribution < 1.29 is 22.3 Å². The zero-order valence-electron chi connectivity index (χ0n) is 7.94. The van der Waals surface area contributed by atoms with Crippen LogP contribution in [0, 0.1) is 5.82 Å². The van der Waals surface area contributed by atoms with E-state index in [2.05, 4.69) is 20.7 Å². The normalized spacial score (nSPS) is 11.6. The van der Waals surface area contributed by atoms with E-state index in [9.17, 15) is 17.6 Å². The lowest BCUT2D eigenvalue weighted by Gasteiger charge is -2.11. The molecule has 0 fully saturated rings. The second-order valence-electron chi connectivity index (χ2n) is 2.96. The van der Waals surface area contributed by atoms with Crippen LogP contribution < -0.4 is 10.5 Å². The molecule has 0 radical (unpaired) electrons. The van der Waals surface area contributed by atoms with Gasteiger partial charge in [0.25, 0.3) is 0 Å². The minimum absolute atomic E-state index is 0.0228. The maximum Gasteiger partial charge on any atom is 0.422 e. The summed E-state index contributed by atoms with van der Waals surface area (Å²) in [5.74, 6) is -1.34. The monoisotopic (exact) mass is 301 g/mol. The molecule has 0 aromatic heterocycles. The SMILES string of the molecule is NCc1ccc(OCC(F)(F)F)c(F)c1Br. The third-order valence-corrected chi connectivity index (χ3v) is 2.60. The molecular formula is C9H8BrF4NO. The van der Waals surface area contributed by atoms with Crippen LogP contribution in [0.1, 0.15) is 5.56 Å². The summed E-state index contributed by atoms with van der Waals surface area (Å²) in [6.45, 7) is -1.45. The highest BCUT2D eigenvalue weighted by Crippen LogP contribution is 2.29. The quantitative estimate of drug-likeness (QED) is 0.871. The zero-order chi connectivity index (χ0) is 12.3. The Morgan fingerprint density at radius 3 is 2.44 bits per heavy atom. The molecule has 0 heterocycles. The molecule has 0 bridgehead atoms. The first kappa shape index (κ1) is 13.2. The first-order valence-corrected chi connectivity index (χ1v) is 5.01. The molecule has 1 rings (SSSR count). The van der Waals surface area contributed by atoms with Gasteiger partial charge in [0.2, 0.25) is 0 Å².